The normalized spacial score (nSPS) is 11.9. The van der Waals surface area contributed by atoms with Crippen LogP contribution in [0.15, 0.2) is 46.9 Å². The van der Waals surface area contributed by atoms with E-state index in [0.29, 0.717) is 11.7 Å². The van der Waals surface area contributed by atoms with Crippen molar-refractivity contribution < 1.29 is 14.3 Å². The summed E-state index contributed by atoms with van der Waals surface area (Å²) < 4.78 is 11.8. The molecule has 5 heteroatoms. The number of halogens is 1. The Morgan fingerprint density at radius 1 is 1.12 bits per heavy atom. The van der Waals surface area contributed by atoms with Crippen LogP contribution in [-0.4, -0.2) is 19.6 Å². The molecular weight excluding hydrogens is 382 g/mol. The van der Waals surface area contributed by atoms with Crippen LogP contribution in [0.5, 0.6) is 11.5 Å². The monoisotopic (exact) mass is 405 g/mol. The van der Waals surface area contributed by atoms with Crippen molar-refractivity contribution in [2.45, 2.75) is 32.7 Å². The van der Waals surface area contributed by atoms with E-state index in [0.717, 1.165) is 15.8 Å². The second-order valence-corrected chi connectivity index (χ2v) is 7.02. The summed E-state index contributed by atoms with van der Waals surface area (Å²) in [5.74, 6) is 1.67. The SMILES string of the molecule is COc1ccccc1[C@@H](C)NC(=O)COc1ccc(C(C)C)cc1Br. The number of hydrogen-bond donors (Lipinski definition) is 1. The van der Waals surface area contributed by atoms with Crippen LogP contribution in [0.3, 0.4) is 0 Å². The van der Waals surface area contributed by atoms with Gasteiger partial charge in [-0.2, -0.15) is 0 Å². The molecule has 2 aromatic rings. The molecule has 0 saturated heterocycles. The Bertz CT molecular complexity index is 731. The first kappa shape index (κ1) is 19.3. The number of rotatable bonds is 7. The predicted octanol–water partition coefficient (Wildman–Crippen LogP) is 4.84. The molecule has 4 nitrogen and oxygen atoms in total. The summed E-state index contributed by atoms with van der Waals surface area (Å²) in [5.41, 5.74) is 2.15. The molecule has 0 spiro atoms. The van der Waals surface area contributed by atoms with Gasteiger partial charge in [0.1, 0.15) is 11.5 Å². The van der Waals surface area contributed by atoms with Gasteiger partial charge in [0, 0.05) is 5.56 Å². The first-order valence-electron chi connectivity index (χ1n) is 8.27. The number of carbonyl (C=O) groups is 1. The largest absolute Gasteiger partial charge is 0.496 e. The highest BCUT2D eigenvalue weighted by Gasteiger charge is 2.14. The Balaban J connectivity index is 1.94. The zero-order chi connectivity index (χ0) is 18.4. The van der Waals surface area contributed by atoms with Gasteiger partial charge in [-0.1, -0.05) is 38.1 Å². The lowest BCUT2D eigenvalue weighted by Gasteiger charge is -2.17. The molecule has 0 fully saturated rings. The van der Waals surface area contributed by atoms with Gasteiger partial charge in [-0.25, -0.2) is 0 Å². The molecule has 0 aliphatic carbocycles. The molecule has 0 bridgehead atoms. The van der Waals surface area contributed by atoms with Crippen LogP contribution in [0.25, 0.3) is 0 Å². The van der Waals surface area contributed by atoms with E-state index in [-0.39, 0.29) is 18.6 Å². The van der Waals surface area contributed by atoms with E-state index >= 15 is 0 Å². The fourth-order valence-electron chi connectivity index (χ4n) is 2.52. The van der Waals surface area contributed by atoms with Gasteiger partial charge in [0.05, 0.1) is 17.6 Å². The molecule has 0 radical (unpaired) electrons. The zero-order valence-corrected chi connectivity index (χ0v) is 16.6. The quantitative estimate of drug-likeness (QED) is 0.716. The van der Waals surface area contributed by atoms with Crippen molar-refractivity contribution in [1.29, 1.82) is 0 Å². The maximum Gasteiger partial charge on any atom is 0.258 e. The van der Waals surface area contributed by atoms with Gasteiger partial charge in [-0.15, -0.1) is 0 Å². The fourth-order valence-corrected chi connectivity index (χ4v) is 3.03. The molecule has 134 valence electrons. The van der Waals surface area contributed by atoms with Crippen LogP contribution >= 0.6 is 15.9 Å². The minimum Gasteiger partial charge on any atom is -0.496 e. The number of benzene rings is 2. The van der Waals surface area contributed by atoms with Crippen molar-refractivity contribution in [1.82, 2.24) is 5.32 Å². The van der Waals surface area contributed by atoms with E-state index < -0.39 is 0 Å². The van der Waals surface area contributed by atoms with Crippen LogP contribution in [0.2, 0.25) is 0 Å². The van der Waals surface area contributed by atoms with Crippen LogP contribution < -0.4 is 14.8 Å². The zero-order valence-electron chi connectivity index (χ0n) is 15.0. The Morgan fingerprint density at radius 3 is 2.48 bits per heavy atom. The Kier molecular flexibility index (Phi) is 6.88. The van der Waals surface area contributed by atoms with E-state index in [2.05, 4.69) is 35.1 Å². The molecule has 1 amide bonds. The molecule has 1 N–H and O–H groups in total. The lowest BCUT2D eigenvalue weighted by atomic mass is 10.0. The number of amides is 1. The number of nitrogens with one attached hydrogen (secondary N) is 1. The first-order chi connectivity index (χ1) is 11.9. The van der Waals surface area contributed by atoms with E-state index in [1.165, 1.54) is 5.56 Å². The number of carbonyl (C=O) groups excluding carboxylic acids is 1. The predicted molar refractivity (Wildman–Crippen MR) is 103 cm³/mol. The van der Waals surface area contributed by atoms with Crippen LogP contribution in [0.1, 0.15) is 43.9 Å². The smallest absolute Gasteiger partial charge is 0.258 e. The molecule has 2 aromatic carbocycles. The highest BCUT2D eigenvalue weighted by atomic mass is 79.9. The standard InChI is InChI=1S/C20H24BrNO3/c1-13(2)15-9-10-19(17(21)11-15)25-12-20(23)22-14(3)16-7-5-6-8-18(16)24-4/h5-11,13-14H,12H2,1-4H3,(H,22,23)/t14-/m1/s1. The summed E-state index contributed by atoms with van der Waals surface area (Å²) in [6.45, 7) is 6.15. The van der Waals surface area contributed by atoms with Gasteiger partial charge in [0.15, 0.2) is 6.61 Å². The molecule has 2 rings (SSSR count). The van der Waals surface area contributed by atoms with E-state index in [1.807, 2.05) is 49.4 Å². The van der Waals surface area contributed by atoms with Crippen molar-refractivity contribution in [2.24, 2.45) is 0 Å². The van der Waals surface area contributed by atoms with E-state index in [9.17, 15) is 4.79 Å². The lowest BCUT2D eigenvalue weighted by Crippen LogP contribution is -2.31. The molecule has 0 unspecified atom stereocenters. The summed E-state index contributed by atoms with van der Waals surface area (Å²) in [6.07, 6.45) is 0. The highest BCUT2D eigenvalue weighted by molar-refractivity contribution is 9.10. The third kappa shape index (κ3) is 5.23. The third-order valence-electron chi connectivity index (χ3n) is 3.96. The summed E-state index contributed by atoms with van der Waals surface area (Å²) >= 11 is 3.50. The molecular formula is C20H24BrNO3. The summed E-state index contributed by atoms with van der Waals surface area (Å²) in [6, 6.07) is 13.4. The Hall–Kier alpha value is -2.01. The second-order valence-electron chi connectivity index (χ2n) is 6.16. The average molecular weight is 406 g/mol. The molecule has 0 aliphatic heterocycles. The summed E-state index contributed by atoms with van der Waals surface area (Å²) in [4.78, 5) is 12.2. The number of hydrogen-bond acceptors (Lipinski definition) is 3. The Labute approximate surface area is 157 Å². The maximum atomic E-state index is 12.2. The lowest BCUT2D eigenvalue weighted by molar-refractivity contribution is -0.123. The molecule has 1 atom stereocenters. The number of ether oxygens (including phenoxy) is 2. The summed E-state index contributed by atoms with van der Waals surface area (Å²) in [7, 11) is 1.62. The van der Waals surface area contributed by atoms with E-state index in [4.69, 9.17) is 9.47 Å². The first-order valence-corrected chi connectivity index (χ1v) is 9.06. The Morgan fingerprint density at radius 2 is 1.84 bits per heavy atom. The van der Waals surface area contributed by atoms with Gasteiger partial charge in [-0.3, -0.25) is 4.79 Å². The van der Waals surface area contributed by atoms with Gasteiger partial charge >= 0.3 is 0 Å². The van der Waals surface area contributed by atoms with E-state index in [1.54, 1.807) is 7.11 Å². The van der Waals surface area contributed by atoms with Crippen molar-refractivity contribution in [3.8, 4) is 11.5 Å². The minimum atomic E-state index is -0.182. The maximum absolute atomic E-state index is 12.2. The average Bonchev–Trinajstić information content (AvgIpc) is 2.60. The molecule has 0 heterocycles. The minimum absolute atomic E-state index is 0.0425. The topological polar surface area (TPSA) is 47.6 Å². The van der Waals surface area contributed by atoms with Gasteiger partial charge in [0.25, 0.3) is 5.91 Å². The van der Waals surface area contributed by atoms with Crippen LogP contribution in [-0.2, 0) is 4.79 Å². The van der Waals surface area contributed by atoms with Crippen LogP contribution in [0, 0.1) is 0 Å². The van der Waals surface area contributed by atoms with Gasteiger partial charge in [0.2, 0.25) is 0 Å². The molecule has 0 aromatic heterocycles. The van der Waals surface area contributed by atoms with Crippen molar-refractivity contribution in [2.75, 3.05) is 13.7 Å². The fraction of sp³-hybridized carbons (Fsp3) is 0.350. The van der Waals surface area contributed by atoms with Gasteiger partial charge < -0.3 is 14.8 Å². The third-order valence-corrected chi connectivity index (χ3v) is 4.58. The number of para-hydroxylation sites is 1. The van der Waals surface area contributed by atoms with Crippen LogP contribution in [0.4, 0.5) is 0 Å². The molecule has 25 heavy (non-hydrogen) atoms. The highest BCUT2D eigenvalue weighted by Crippen LogP contribution is 2.29. The van der Waals surface area contributed by atoms with Crippen molar-refractivity contribution >= 4 is 21.8 Å². The summed E-state index contributed by atoms with van der Waals surface area (Å²) in [5, 5.41) is 2.93. The van der Waals surface area contributed by atoms with Crippen molar-refractivity contribution in [3.05, 3.63) is 58.1 Å². The van der Waals surface area contributed by atoms with Gasteiger partial charge in [-0.05, 0) is 52.5 Å². The van der Waals surface area contributed by atoms with Crippen molar-refractivity contribution in [3.63, 3.8) is 0 Å². The number of methoxy groups -OCH3 is 1. The molecule has 0 saturated carbocycles. The molecule has 0 aliphatic rings. The second kappa shape index (κ2) is 8.90.